The molecule has 0 unspecified atom stereocenters. The van der Waals surface area contributed by atoms with E-state index in [4.69, 9.17) is 0 Å². The van der Waals surface area contributed by atoms with Crippen molar-refractivity contribution in [1.29, 1.82) is 0 Å². The molecule has 0 bridgehead atoms. The molecule has 0 amide bonds. The van der Waals surface area contributed by atoms with E-state index in [0.717, 1.165) is 0 Å². The van der Waals surface area contributed by atoms with Gasteiger partial charge in [-0.2, -0.15) is 11.1 Å². The Kier molecular flexibility index (Phi) is 12.7. The number of hydrogen-bond acceptors (Lipinski definition) is 0. The van der Waals surface area contributed by atoms with E-state index in [1.807, 2.05) is 0 Å². The first-order chi connectivity index (χ1) is 19.3. The molecule has 43 heavy (non-hydrogen) atoms. The number of hydrogen-bond donors (Lipinski definition) is 0. The fourth-order valence-electron chi connectivity index (χ4n) is 5.93. The molecule has 4 aromatic rings. The van der Waals surface area contributed by atoms with Crippen molar-refractivity contribution in [3.63, 3.8) is 0 Å². The molecule has 0 saturated carbocycles. The van der Waals surface area contributed by atoms with Gasteiger partial charge in [0.15, 0.2) is 0 Å². The Balaban J connectivity index is 0.000000460. The van der Waals surface area contributed by atoms with Gasteiger partial charge in [0.1, 0.15) is 0 Å². The van der Waals surface area contributed by atoms with Gasteiger partial charge in [-0.1, -0.05) is 33.1 Å². The maximum atomic E-state index is 3.44. The van der Waals surface area contributed by atoms with Gasteiger partial charge >= 0.3 is 193 Å². The van der Waals surface area contributed by atoms with Gasteiger partial charge in [0.2, 0.25) is 0 Å². The minimum absolute atomic E-state index is 0. The molecule has 0 spiro atoms. The Labute approximate surface area is 279 Å². The van der Waals surface area contributed by atoms with Crippen LogP contribution in [0.4, 0.5) is 0 Å². The third kappa shape index (κ3) is 8.13. The minimum atomic E-state index is -0.154. The number of nitrogens with zero attached hydrogens (tertiary/aromatic N) is 2. The second-order valence-corrected chi connectivity index (χ2v) is 13.8. The summed E-state index contributed by atoms with van der Waals surface area (Å²) in [5.74, 6) is 0. The molecule has 1 aliphatic rings. The molecule has 3 aromatic carbocycles. The van der Waals surface area contributed by atoms with Gasteiger partial charge in [0.25, 0.3) is 0 Å². The number of benzene rings is 3. The van der Waals surface area contributed by atoms with Crippen LogP contribution < -0.4 is 24.8 Å². The van der Waals surface area contributed by atoms with Crippen molar-refractivity contribution >= 4 is 4.61 Å². The summed E-state index contributed by atoms with van der Waals surface area (Å²) in [4.78, 5) is 0. The second kappa shape index (κ2) is 14.9. The predicted octanol–water partition coefficient (Wildman–Crippen LogP) is 3.70. The summed E-state index contributed by atoms with van der Waals surface area (Å²) in [6.45, 7) is 24.2. The first-order valence-corrected chi connectivity index (χ1v) is 16.3. The molecular weight excluding hydrogens is 656 g/mol. The van der Waals surface area contributed by atoms with Gasteiger partial charge in [0, 0.05) is 0 Å². The fraction of sp³-hybridized carbons (Fsp3) is 0.316. The smallest absolute Gasteiger partial charge is 1.00 e. The standard InChI is InChI=1S/C21H24N2.C10H15.C7H6.2ClH.Ru/c1-14-9-16(3)20(17(4)10-14)22-7-8-23(13-22)21-18(5)11-15(2)12-19(21)6;1-7-6-10(4,5)9(3)8(7)2;1-7-5-3-2-4-6-7;;;/h7-12H,1-6H3;1-5H3;1-6H;2*1H;/q;-1;;;;/p-2. The molecule has 1 heterocycles. The van der Waals surface area contributed by atoms with E-state index in [-0.39, 0.29) is 46.5 Å². The Morgan fingerprint density at radius 2 is 1.07 bits per heavy atom. The van der Waals surface area contributed by atoms with Crippen LogP contribution in [-0.4, -0.2) is 13.7 Å². The first kappa shape index (κ1) is 36.6. The molecule has 1 aromatic heterocycles. The largest absolute Gasteiger partial charge is 1.00 e. The van der Waals surface area contributed by atoms with Crippen LogP contribution in [0, 0.1) is 57.0 Å². The van der Waals surface area contributed by atoms with Crippen molar-refractivity contribution in [3.05, 3.63) is 133 Å². The van der Waals surface area contributed by atoms with Crippen LogP contribution in [-0.2, 0) is 16.2 Å². The monoisotopic (exact) mass is 701 g/mol. The van der Waals surface area contributed by atoms with Gasteiger partial charge in [-0.25, -0.2) is 5.57 Å². The first-order valence-electron chi connectivity index (χ1n) is 14.4. The minimum Gasteiger partial charge on any atom is -1.00 e. The van der Waals surface area contributed by atoms with Gasteiger partial charge in [-0.05, 0) is 0 Å². The number of allylic oxidation sites excluding steroid dienone is 4. The van der Waals surface area contributed by atoms with Crippen LogP contribution in [0.1, 0.15) is 73.6 Å². The normalized spacial score (nSPS) is 13.4. The van der Waals surface area contributed by atoms with Gasteiger partial charge < -0.3 is 24.8 Å². The SMILES string of the molecule is CC1=[C-]C(C)(C)C(C)=C1C.Cc1cc(C)c(-n2ccn(-c3c(C)cc(C)cc3C)[c]2=[Ru]=[CH]c2ccccc2)c(C)c1.[Cl-].[Cl-]. The summed E-state index contributed by atoms with van der Waals surface area (Å²) in [7, 11) is 0. The van der Waals surface area contributed by atoms with Crippen LogP contribution in [0.25, 0.3) is 11.4 Å². The number of aromatic nitrogens is 2. The maximum absolute atomic E-state index is 3.44. The van der Waals surface area contributed by atoms with E-state index in [1.165, 1.54) is 71.1 Å². The van der Waals surface area contributed by atoms with Gasteiger partial charge in [-0.3, -0.25) is 6.08 Å². The number of imidazole rings is 1. The van der Waals surface area contributed by atoms with E-state index in [1.54, 1.807) is 0 Å². The molecule has 0 fully saturated rings. The Bertz CT molecular complexity index is 1650. The van der Waals surface area contributed by atoms with E-state index >= 15 is 0 Å². The summed E-state index contributed by atoms with van der Waals surface area (Å²) in [5.41, 5.74) is 16.2. The topological polar surface area (TPSA) is 9.86 Å². The predicted molar refractivity (Wildman–Crippen MR) is 173 cm³/mol. The summed E-state index contributed by atoms with van der Waals surface area (Å²) in [6, 6.07) is 19.8. The van der Waals surface area contributed by atoms with E-state index < -0.39 is 0 Å². The second-order valence-electron chi connectivity index (χ2n) is 12.0. The van der Waals surface area contributed by atoms with Crippen LogP contribution in [0.3, 0.4) is 0 Å². The third-order valence-corrected chi connectivity index (χ3v) is 10.2. The quantitative estimate of drug-likeness (QED) is 0.228. The van der Waals surface area contributed by atoms with Crippen LogP contribution >= 0.6 is 0 Å². The molecule has 232 valence electrons. The van der Waals surface area contributed by atoms with Crippen LogP contribution in [0.2, 0.25) is 0 Å². The zero-order chi connectivity index (χ0) is 30.1. The third-order valence-electron chi connectivity index (χ3n) is 8.13. The molecule has 0 N–H and O–H groups in total. The summed E-state index contributed by atoms with van der Waals surface area (Å²) < 4.78 is 8.59. The van der Waals surface area contributed by atoms with Crippen molar-refractivity contribution < 1.29 is 41.0 Å². The molecule has 0 aliphatic heterocycles. The number of halogens is 2. The Morgan fingerprint density at radius 3 is 1.40 bits per heavy atom. The number of aryl methyl sites for hydroxylation is 6. The molecular formula is C38H45Cl2N2Ru-3. The summed E-state index contributed by atoms with van der Waals surface area (Å²) >= 11 is -0.154. The fourth-order valence-corrected chi connectivity index (χ4v) is 7.91. The van der Waals surface area contributed by atoms with Crippen molar-refractivity contribution in [1.82, 2.24) is 9.13 Å². The van der Waals surface area contributed by atoms with Gasteiger partial charge in [0.05, 0.1) is 0 Å². The molecule has 2 nitrogen and oxygen atoms in total. The van der Waals surface area contributed by atoms with Crippen LogP contribution in [0.15, 0.2) is 83.7 Å². The zero-order valence-electron chi connectivity index (χ0n) is 27.4. The molecule has 0 radical (unpaired) electrons. The average molecular weight is 702 g/mol. The summed E-state index contributed by atoms with van der Waals surface area (Å²) in [5, 5.41) is 0. The molecule has 0 saturated heterocycles. The van der Waals surface area contributed by atoms with E-state index in [9.17, 15) is 0 Å². The number of rotatable bonds is 3. The zero-order valence-corrected chi connectivity index (χ0v) is 30.7. The Morgan fingerprint density at radius 1 is 0.651 bits per heavy atom. The molecule has 5 heteroatoms. The maximum Gasteiger partial charge on any atom is -1.00 e. The van der Waals surface area contributed by atoms with Gasteiger partial charge in [-0.15, -0.1) is 6.92 Å². The van der Waals surface area contributed by atoms with Crippen molar-refractivity contribution in [2.24, 2.45) is 5.41 Å². The summed E-state index contributed by atoms with van der Waals surface area (Å²) in [6.07, 6.45) is 7.92. The van der Waals surface area contributed by atoms with Crippen molar-refractivity contribution in [2.75, 3.05) is 0 Å². The van der Waals surface area contributed by atoms with E-state index in [2.05, 4.69) is 163 Å². The van der Waals surface area contributed by atoms with Crippen LogP contribution in [0.5, 0.6) is 0 Å². The Hall–Kier alpha value is -2.58. The van der Waals surface area contributed by atoms with E-state index in [0.29, 0.717) is 0 Å². The molecule has 1 aliphatic carbocycles. The molecule has 0 atom stereocenters. The average Bonchev–Trinajstić information content (AvgIpc) is 3.36. The van der Waals surface area contributed by atoms with Crippen molar-refractivity contribution in [3.8, 4) is 11.4 Å². The molecule has 5 rings (SSSR count). The van der Waals surface area contributed by atoms with Crippen molar-refractivity contribution in [2.45, 2.75) is 76.2 Å².